The molecule has 6 nitrogen and oxygen atoms in total. The highest BCUT2D eigenvalue weighted by Gasteiger charge is 2.14. The van der Waals surface area contributed by atoms with E-state index < -0.39 is 0 Å². The molecular formula is C24H31N3O3S. The van der Waals surface area contributed by atoms with Crippen molar-refractivity contribution in [3.05, 3.63) is 65.2 Å². The molecule has 0 aromatic heterocycles. The lowest BCUT2D eigenvalue weighted by Gasteiger charge is -2.19. The van der Waals surface area contributed by atoms with E-state index in [9.17, 15) is 9.59 Å². The molecule has 0 heterocycles. The molecule has 0 atom stereocenters. The van der Waals surface area contributed by atoms with Gasteiger partial charge in [-0.1, -0.05) is 46.8 Å². The number of rotatable bonds is 6. The number of thiocarbonyl (C=S) groups is 1. The van der Waals surface area contributed by atoms with Crippen molar-refractivity contribution >= 4 is 29.1 Å². The monoisotopic (exact) mass is 441 g/mol. The SMILES string of the molecule is CC(C)CCOc1ccc(C(=O)NC(=S)NNC(=O)c2ccc(C(C)(C)C)cc2)cc1. The summed E-state index contributed by atoms with van der Waals surface area (Å²) in [6.07, 6.45) is 0.967. The Morgan fingerprint density at radius 1 is 0.903 bits per heavy atom. The van der Waals surface area contributed by atoms with Gasteiger partial charge in [0.1, 0.15) is 5.75 Å². The molecule has 0 saturated heterocycles. The van der Waals surface area contributed by atoms with Gasteiger partial charge in [-0.05, 0) is 71.9 Å². The normalized spacial score (nSPS) is 11.0. The molecular weight excluding hydrogens is 410 g/mol. The molecule has 2 aromatic rings. The van der Waals surface area contributed by atoms with Crippen LogP contribution in [0, 0.1) is 5.92 Å². The van der Waals surface area contributed by atoms with Crippen LogP contribution in [0.1, 0.15) is 67.3 Å². The Labute approximate surface area is 189 Å². The first-order valence-corrected chi connectivity index (χ1v) is 10.7. The Morgan fingerprint density at radius 2 is 1.45 bits per heavy atom. The molecule has 31 heavy (non-hydrogen) atoms. The summed E-state index contributed by atoms with van der Waals surface area (Å²) in [4.78, 5) is 24.6. The van der Waals surface area contributed by atoms with Crippen LogP contribution in [0.3, 0.4) is 0 Å². The Morgan fingerprint density at radius 3 is 2.00 bits per heavy atom. The van der Waals surface area contributed by atoms with Crippen molar-refractivity contribution in [1.29, 1.82) is 0 Å². The molecule has 2 amide bonds. The first kappa shape index (κ1) is 24.3. The van der Waals surface area contributed by atoms with Crippen LogP contribution in [-0.4, -0.2) is 23.5 Å². The highest BCUT2D eigenvalue weighted by atomic mass is 32.1. The second-order valence-electron chi connectivity index (χ2n) is 8.75. The number of hydrogen-bond acceptors (Lipinski definition) is 4. The number of hydrazine groups is 1. The maximum Gasteiger partial charge on any atom is 0.269 e. The highest BCUT2D eigenvalue weighted by Crippen LogP contribution is 2.22. The van der Waals surface area contributed by atoms with Crippen LogP contribution in [0.15, 0.2) is 48.5 Å². The number of nitrogens with one attached hydrogen (secondary N) is 3. The molecule has 0 saturated carbocycles. The second kappa shape index (κ2) is 10.9. The van der Waals surface area contributed by atoms with Crippen LogP contribution in [-0.2, 0) is 5.41 Å². The predicted octanol–water partition coefficient (Wildman–Crippen LogP) is 4.36. The Hall–Kier alpha value is -2.93. The number of amides is 2. The number of carbonyl (C=O) groups excluding carboxylic acids is 2. The van der Waals surface area contributed by atoms with Crippen molar-refractivity contribution < 1.29 is 14.3 Å². The van der Waals surface area contributed by atoms with Crippen LogP contribution >= 0.6 is 12.2 Å². The van der Waals surface area contributed by atoms with Crippen LogP contribution < -0.4 is 20.9 Å². The zero-order valence-corrected chi connectivity index (χ0v) is 19.6. The van der Waals surface area contributed by atoms with Gasteiger partial charge in [0.15, 0.2) is 5.11 Å². The van der Waals surface area contributed by atoms with Gasteiger partial charge in [-0.2, -0.15) is 0 Å². The molecule has 0 aliphatic rings. The summed E-state index contributed by atoms with van der Waals surface area (Å²) in [6.45, 7) is 11.2. The minimum absolute atomic E-state index is 0.00178. The smallest absolute Gasteiger partial charge is 0.269 e. The second-order valence-corrected chi connectivity index (χ2v) is 9.15. The molecule has 0 aliphatic carbocycles. The zero-order valence-electron chi connectivity index (χ0n) is 18.7. The lowest BCUT2D eigenvalue weighted by Crippen LogP contribution is -2.48. The third-order valence-electron chi connectivity index (χ3n) is 4.61. The van der Waals surface area contributed by atoms with Crippen LogP contribution in [0.4, 0.5) is 0 Å². The minimum atomic E-state index is -0.380. The summed E-state index contributed by atoms with van der Waals surface area (Å²) in [6, 6.07) is 14.2. The average Bonchev–Trinajstić information content (AvgIpc) is 2.71. The average molecular weight is 442 g/mol. The maximum atomic E-state index is 12.3. The highest BCUT2D eigenvalue weighted by molar-refractivity contribution is 7.80. The lowest BCUT2D eigenvalue weighted by molar-refractivity contribution is 0.0934. The Bertz CT molecular complexity index is 901. The fourth-order valence-corrected chi connectivity index (χ4v) is 2.77. The standard InChI is InChI=1S/C24H31N3O3S/c1-16(2)14-15-30-20-12-8-17(9-13-20)21(28)25-23(31)27-26-22(29)18-6-10-19(11-7-18)24(3,4)5/h6-13,16H,14-15H2,1-5H3,(H,26,29)(H2,25,27,28,31). The van der Waals surface area contributed by atoms with E-state index in [-0.39, 0.29) is 22.3 Å². The molecule has 0 radical (unpaired) electrons. The van der Waals surface area contributed by atoms with Gasteiger partial charge in [0.2, 0.25) is 0 Å². The number of hydrogen-bond donors (Lipinski definition) is 3. The molecule has 7 heteroatoms. The van der Waals surface area contributed by atoms with Gasteiger partial charge in [0.05, 0.1) is 6.61 Å². The molecule has 0 spiro atoms. The van der Waals surface area contributed by atoms with Crippen LogP contribution in [0.2, 0.25) is 0 Å². The van der Waals surface area contributed by atoms with E-state index in [1.54, 1.807) is 36.4 Å². The van der Waals surface area contributed by atoms with Gasteiger partial charge < -0.3 is 4.74 Å². The van der Waals surface area contributed by atoms with E-state index in [1.807, 2.05) is 12.1 Å². The summed E-state index contributed by atoms with van der Waals surface area (Å²) in [5, 5.41) is 2.54. The third kappa shape index (κ3) is 8.02. The summed E-state index contributed by atoms with van der Waals surface area (Å²) in [7, 11) is 0. The van der Waals surface area contributed by atoms with Crippen molar-refractivity contribution in [3.8, 4) is 5.75 Å². The van der Waals surface area contributed by atoms with E-state index in [4.69, 9.17) is 17.0 Å². The summed E-state index contributed by atoms with van der Waals surface area (Å²) < 4.78 is 5.65. The lowest BCUT2D eigenvalue weighted by atomic mass is 9.87. The number of ether oxygens (including phenoxy) is 1. The molecule has 166 valence electrons. The van der Waals surface area contributed by atoms with E-state index in [1.165, 1.54) is 0 Å². The Kier molecular flexibility index (Phi) is 8.56. The topological polar surface area (TPSA) is 79.5 Å². The first-order valence-electron chi connectivity index (χ1n) is 10.3. The maximum absolute atomic E-state index is 12.3. The first-order chi connectivity index (χ1) is 14.6. The van der Waals surface area contributed by atoms with Gasteiger partial charge in [-0.15, -0.1) is 0 Å². The predicted molar refractivity (Wildman–Crippen MR) is 127 cm³/mol. The molecule has 3 N–H and O–H groups in total. The third-order valence-corrected chi connectivity index (χ3v) is 4.81. The van der Waals surface area contributed by atoms with Crippen molar-refractivity contribution in [3.63, 3.8) is 0 Å². The number of carbonyl (C=O) groups is 2. The Balaban J connectivity index is 1.81. The van der Waals surface area contributed by atoms with Gasteiger partial charge in [0, 0.05) is 11.1 Å². The molecule has 0 bridgehead atoms. The largest absolute Gasteiger partial charge is 0.494 e. The molecule has 0 aliphatic heterocycles. The number of benzene rings is 2. The molecule has 2 rings (SSSR count). The van der Waals surface area contributed by atoms with Crippen molar-refractivity contribution in [2.24, 2.45) is 5.92 Å². The summed E-state index contributed by atoms with van der Waals surface area (Å²) in [5.74, 6) is 0.555. The summed E-state index contributed by atoms with van der Waals surface area (Å²) >= 11 is 5.09. The molecule has 0 unspecified atom stereocenters. The van der Waals surface area contributed by atoms with E-state index in [2.05, 4.69) is 50.8 Å². The fourth-order valence-electron chi connectivity index (χ4n) is 2.63. The van der Waals surface area contributed by atoms with Gasteiger partial charge >= 0.3 is 0 Å². The fraction of sp³-hybridized carbons (Fsp3) is 0.375. The summed E-state index contributed by atoms with van der Waals surface area (Å²) in [5.41, 5.74) is 7.11. The van der Waals surface area contributed by atoms with Crippen molar-refractivity contribution in [2.75, 3.05) is 6.61 Å². The van der Waals surface area contributed by atoms with Gasteiger partial charge in [0.25, 0.3) is 11.8 Å². The van der Waals surface area contributed by atoms with Gasteiger partial charge in [-0.25, -0.2) is 0 Å². The van der Waals surface area contributed by atoms with E-state index in [0.29, 0.717) is 29.4 Å². The van der Waals surface area contributed by atoms with Gasteiger partial charge in [-0.3, -0.25) is 25.8 Å². The molecule has 0 fully saturated rings. The molecule has 2 aromatic carbocycles. The van der Waals surface area contributed by atoms with Crippen molar-refractivity contribution in [1.82, 2.24) is 16.2 Å². The van der Waals surface area contributed by atoms with Crippen molar-refractivity contribution in [2.45, 2.75) is 46.5 Å². The minimum Gasteiger partial charge on any atom is -0.494 e. The quantitative estimate of drug-likeness (QED) is 0.459. The van der Waals surface area contributed by atoms with E-state index in [0.717, 1.165) is 12.0 Å². The zero-order chi connectivity index (χ0) is 23.0. The van der Waals surface area contributed by atoms with E-state index >= 15 is 0 Å². The van der Waals surface area contributed by atoms with Crippen LogP contribution in [0.25, 0.3) is 0 Å². The van der Waals surface area contributed by atoms with Crippen LogP contribution in [0.5, 0.6) is 5.75 Å².